The monoisotopic (exact) mass is 490 g/mol. The number of rotatable bonds is 6. The van der Waals surface area contributed by atoms with Crippen molar-refractivity contribution in [2.75, 3.05) is 26.2 Å². The summed E-state index contributed by atoms with van der Waals surface area (Å²) in [6.07, 6.45) is 7.74. The Bertz CT molecular complexity index is 1200. The second-order valence-electron chi connectivity index (χ2n) is 9.40. The number of aliphatic hydroxyl groups is 2. The first-order chi connectivity index (χ1) is 17.1. The van der Waals surface area contributed by atoms with Crippen LogP contribution in [0.5, 0.6) is 11.6 Å². The number of nitrogens with zero attached hydrogens (tertiary/aromatic N) is 2. The number of hydrogen-bond acceptors (Lipinski definition) is 5. The van der Waals surface area contributed by atoms with Crippen LogP contribution in [0.25, 0.3) is 5.57 Å². The zero-order chi connectivity index (χ0) is 24.3. The SMILES string of the molecule is OCCc1cccc2c1CC(=CCCN1CCC(O)(c3ccc(Cl)cc3)CC1)c1cccnc1O2. The first-order valence-electron chi connectivity index (χ1n) is 12.3. The van der Waals surface area contributed by atoms with E-state index in [1.807, 2.05) is 42.5 Å². The standard InChI is InChI=1S/C29H31ClN2O3/c30-24-10-8-23(9-11-24)29(34)13-17-32(18-14-29)16-3-5-22-20-26-21(12-19-33)4-1-7-27(26)35-28-25(22)6-2-15-31-28/h1-2,4-11,15,33-34H,3,12-14,16-20H2. The quantitative estimate of drug-likeness (QED) is 0.486. The van der Waals surface area contributed by atoms with Gasteiger partial charge in [-0.3, -0.25) is 0 Å². The lowest BCUT2D eigenvalue weighted by atomic mass is 9.84. The molecular formula is C29H31ClN2O3. The number of halogens is 1. The highest BCUT2D eigenvalue weighted by Crippen LogP contribution is 2.39. The Labute approximate surface area is 211 Å². The van der Waals surface area contributed by atoms with E-state index in [0.717, 1.165) is 60.5 Å². The summed E-state index contributed by atoms with van der Waals surface area (Å²) in [6, 6.07) is 17.6. The molecule has 5 nitrogen and oxygen atoms in total. The van der Waals surface area contributed by atoms with Crippen LogP contribution in [0.3, 0.4) is 0 Å². The van der Waals surface area contributed by atoms with Gasteiger partial charge >= 0.3 is 0 Å². The van der Waals surface area contributed by atoms with Gasteiger partial charge in [0.05, 0.1) is 5.60 Å². The topological polar surface area (TPSA) is 65.8 Å². The molecule has 0 saturated carbocycles. The van der Waals surface area contributed by atoms with Crippen LogP contribution in [-0.4, -0.2) is 46.3 Å². The van der Waals surface area contributed by atoms with Gasteiger partial charge in [-0.25, -0.2) is 4.98 Å². The Morgan fingerprint density at radius 1 is 1.06 bits per heavy atom. The van der Waals surface area contributed by atoms with E-state index in [2.05, 4.69) is 28.1 Å². The molecule has 0 bridgehead atoms. The Morgan fingerprint density at radius 2 is 1.86 bits per heavy atom. The summed E-state index contributed by atoms with van der Waals surface area (Å²) in [5.74, 6) is 1.45. The maximum atomic E-state index is 11.2. The predicted molar refractivity (Wildman–Crippen MR) is 139 cm³/mol. The number of allylic oxidation sites excluding steroid dienone is 1. The van der Waals surface area contributed by atoms with Crippen LogP contribution >= 0.6 is 11.6 Å². The summed E-state index contributed by atoms with van der Waals surface area (Å²) in [4.78, 5) is 6.91. The van der Waals surface area contributed by atoms with Crippen molar-refractivity contribution in [3.05, 3.63) is 94.1 Å². The van der Waals surface area contributed by atoms with Crippen LogP contribution in [0, 0.1) is 0 Å². The van der Waals surface area contributed by atoms with E-state index in [9.17, 15) is 10.2 Å². The number of likely N-dealkylation sites (tertiary alicyclic amines) is 1. The maximum absolute atomic E-state index is 11.2. The van der Waals surface area contributed by atoms with E-state index in [-0.39, 0.29) is 6.61 Å². The van der Waals surface area contributed by atoms with E-state index in [1.165, 1.54) is 5.57 Å². The van der Waals surface area contributed by atoms with Crippen molar-refractivity contribution in [2.24, 2.45) is 0 Å². The second-order valence-corrected chi connectivity index (χ2v) is 9.84. The molecule has 1 fully saturated rings. The Kier molecular flexibility index (Phi) is 7.21. The normalized spacial score (nSPS) is 18.4. The van der Waals surface area contributed by atoms with Gasteiger partial charge in [-0.05, 0) is 72.7 Å². The molecule has 3 heterocycles. The van der Waals surface area contributed by atoms with Gasteiger partial charge in [0.15, 0.2) is 0 Å². The van der Waals surface area contributed by atoms with Gasteiger partial charge in [-0.2, -0.15) is 0 Å². The van der Waals surface area contributed by atoms with Crippen LogP contribution in [0.2, 0.25) is 5.02 Å². The minimum Gasteiger partial charge on any atom is -0.438 e. The van der Waals surface area contributed by atoms with Gasteiger partial charge in [0.2, 0.25) is 5.88 Å². The summed E-state index contributed by atoms with van der Waals surface area (Å²) < 4.78 is 6.21. The van der Waals surface area contributed by atoms with Gasteiger partial charge in [-0.1, -0.05) is 41.9 Å². The van der Waals surface area contributed by atoms with Crippen molar-refractivity contribution < 1.29 is 14.9 Å². The molecule has 1 saturated heterocycles. The average molecular weight is 491 g/mol. The molecule has 35 heavy (non-hydrogen) atoms. The van der Waals surface area contributed by atoms with Crippen LogP contribution in [0.1, 0.15) is 41.5 Å². The largest absolute Gasteiger partial charge is 0.438 e. The molecule has 2 aliphatic heterocycles. The van der Waals surface area contributed by atoms with Crippen molar-refractivity contribution >= 4 is 17.2 Å². The molecule has 0 aliphatic carbocycles. The Hall–Kier alpha value is -2.70. The summed E-state index contributed by atoms with van der Waals surface area (Å²) in [7, 11) is 0. The molecule has 2 aromatic carbocycles. The van der Waals surface area contributed by atoms with Crippen molar-refractivity contribution in [2.45, 2.75) is 37.7 Å². The zero-order valence-electron chi connectivity index (χ0n) is 19.8. The highest BCUT2D eigenvalue weighted by molar-refractivity contribution is 6.30. The minimum absolute atomic E-state index is 0.109. The average Bonchev–Trinajstić information content (AvgIpc) is 3.03. The predicted octanol–water partition coefficient (Wildman–Crippen LogP) is 5.38. The van der Waals surface area contributed by atoms with Crippen LogP contribution in [0.15, 0.2) is 66.9 Å². The second kappa shape index (κ2) is 10.5. The summed E-state index contributed by atoms with van der Waals surface area (Å²) >= 11 is 6.02. The number of ether oxygens (including phenoxy) is 1. The molecule has 0 atom stereocenters. The molecule has 0 radical (unpaired) electrons. The molecule has 0 unspecified atom stereocenters. The van der Waals surface area contributed by atoms with E-state index in [4.69, 9.17) is 16.3 Å². The third-order valence-corrected chi connectivity index (χ3v) is 7.45. The van der Waals surface area contributed by atoms with E-state index in [1.54, 1.807) is 6.20 Å². The van der Waals surface area contributed by atoms with Gasteiger partial charge in [-0.15, -0.1) is 0 Å². The third-order valence-electron chi connectivity index (χ3n) is 7.20. The Balaban J connectivity index is 1.29. The zero-order valence-corrected chi connectivity index (χ0v) is 20.5. The molecule has 182 valence electrons. The number of benzene rings is 2. The van der Waals surface area contributed by atoms with Gasteiger partial charge < -0.3 is 19.8 Å². The number of piperidine rings is 1. The number of aromatic nitrogens is 1. The fourth-order valence-electron chi connectivity index (χ4n) is 5.17. The molecule has 0 spiro atoms. The van der Waals surface area contributed by atoms with Crippen molar-refractivity contribution in [3.8, 4) is 11.6 Å². The van der Waals surface area contributed by atoms with Crippen molar-refractivity contribution in [1.29, 1.82) is 0 Å². The number of fused-ring (bicyclic) bond motifs is 2. The van der Waals surface area contributed by atoms with Crippen molar-refractivity contribution in [3.63, 3.8) is 0 Å². The van der Waals surface area contributed by atoms with E-state index >= 15 is 0 Å². The third kappa shape index (κ3) is 5.29. The molecule has 0 amide bonds. The molecule has 6 heteroatoms. The Morgan fingerprint density at radius 3 is 2.63 bits per heavy atom. The molecule has 2 N–H and O–H groups in total. The van der Waals surface area contributed by atoms with Crippen LogP contribution in [0.4, 0.5) is 0 Å². The first-order valence-corrected chi connectivity index (χ1v) is 12.7. The van der Waals surface area contributed by atoms with E-state index in [0.29, 0.717) is 30.2 Å². The number of aliphatic hydroxyl groups excluding tert-OH is 1. The number of pyridine rings is 1. The smallest absolute Gasteiger partial charge is 0.226 e. The maximum Gasteiger partial charge on any atom is 0.226 e. The highest BCUT2D eigenvalue weighted by Gasteiger charge is 2.33. The summed E-state index contributed by atoms with van der Waals surface area (Å²) in [5.41, 5.74) is 4.62. The molecule has 2 aliphatic rings. The molecular weight excluding hydrogens is 460 g/mol. The summed E-state index contributed by atoms with van der Waals surface area (Å²) in [6.45, 7) is 2.75. The van der Waals surface area contributed by atoms with Crippen molar-refractivity contribution in [1.82, 2.24) is 9.88 Å². The lowest BCUT2D eigenvalue weighted by molar-refractivity contribution is -0.0254. The lowest BCUT2D eigenvalue weighted by Gasteiger charge is -2.38. The fourth-order valence-corrected chi connectivity index (χ4v) is 5.29. The van der Waals surface area contributed by atoms with Gasteiger partial charge in [0.1, 0.15) is 5.75 Å². The van der Waals surface area contributed by atoms with Crippen LogP contribution in [-0.2, 0) is 18.4 Å². The lowest BCUT2D eigenvalue weighted by Crippen LogP contribution is -2.42. The molecule has 5 rings (SSSR count). The minimum atomic E-state index is -0.782. The van der Waals surface area contributed by atoms with E-state index < -0.39 is 5.60 Å². The first kappa shape index (κ1) is 24.0. The van der Waals surface area contributed by atoms with Gasteiger partial charge in [0, 0.05) is 55.0 Å². The van der Waals surface area contributed by atoms with Crippen LogP contribution < -0.4 is 4.74 Å². The molecule has 1 aromatic heterocycles. The highest BCUT2D eigenvalue weighted by atomic mass is 35.5. The van der Waals surface area contributed by atoms with Gasteiger partial charge in [0.25, 0.3) is 0 Å². The summed E-state index contributed by atoms with van der Waals surface area (Å²) in [5, 5.41) is 21.4. The number of hydrogen-bond donors (Lipinski definition) is 2. The molecule has 3 aromatic rings. The fraction of sp³-hybridized carbons (Fsp3) is 0.345.